The molecule has 0 aliphatic carbocycles. The van der Waals surface area contributed by atoms with Crippen molar-refractivity contribution in [1.82, 2.24) is 19.1 Å². The molecule has 0 saturated carbocycles. The Morgan fingerprint density at radius 1 is 1.35 bits per heavy atom. The predicted molar refractivity (Wildman–Crippen MR) is 102 cm³/mol. The summed E-state index contributed by atoms with van der Waals surface area (Å²) >= 11 is 7.31. The van der Waals surface area contributed by atoms with E-state index in [0.29, 0.717) is 23.9 Å². The molecule has 11 heteroatoms. The number of carbonyl (C=O) groups is 1. The van der Waals surface area contributed by atoms with Crippen molar-refractivity contribution < 1.29 is 13.2 Å². The highest BCUT2D eigenvalue weighted by Crippen LogP contribution is 2.28. The van der Waals surface area contributed by atoms with Crippen molar-refractivity contribution in [3.05, 3.63) is 29.5 Å². The van der Waals surface area contributed by atoms with Crippen molar-refractivity contribution in [2.24, 2.45) is 7.05 Å². The molecule has 0 radical (unpaired) electrons. The molecular weight excluding hydrogens is 398 g/mol. The highest BCUT2D eigenvalue weighted by molar-refractivity contribution is 7.99. The van der Waals surface area contributed by atoms with Crippen LogP contribution in [0.4, 0.5) is 5.69 Å². The second-order valence-corrected chi connectivity index (χ2v) is 8.55. The molecule has 1 aromatic carbocycles. The Balaban J connectivity index is 2.13. The summed E-state index contributed by atoms with van der Waals surface area (Å²) in [5, 5.41) is 11.0. The Morgan fingerprint density at radius 3 is 2.62 bits per heavy atom. The number of aryl methyl sites for hydroxylation is 1. The van der Waals surface area contributed by atoms with Gasteiger partial charge in [-0.15, -0.1) is 10.2 Å². The van der Waals surface area contributed by atoms with Gasteiger partial charge in [-0.3, -0.25) is 4.79 Å². The second kappa shape index (κ2) is 8.85. The molecule has 1 heterocycles. The average Bonchev–Trinajstić information content (AvgIpc) is 3.00. The monoisotopic (exact) mass is 417 g/mol. The Hall–Kier alpha value is -1.62. The summed E-state index contributed by atoms with van der Waals surface area (Å²) in [5.74, 6) is -0.167. The predicted octanol–water partition coefficient (Wildman–Crippen LogP) is 2.23. The van der Waals surface area contributed by atoms with Crippen molar-refractivity contribution in [1.29, 1.82) is 0 Å². The van der Waals surface area contributed by atoms with Gasteiger partial charge in [0.05, 0.1) is 10.8 Å². The molecular formula is C15H20ClN5O3S2. The SMILES string of the molecule is CCN(CC)S(=O)(=O)c1cc(NC(=O)CSc2nncn2C)ccc1Cl. The zero-order valence-corrected chi connectivity index (χ0v) is 17.0. The van der Waals surface area contributed by atoms with Gasteiger partial charge in [0.2, 0.25) is 15.9 Å². The number of thioether (sulfide) groups is 1. The Labute approximate surface area is 162 Å². The Morgan fingerprint density at radius 2 is 2.04 bits per heavy atom. The lowest BCUT2D eigenvalue weighted by Crippen LogP contribution is -2.31. The number of benzene rings is 1. The first kappa shape index (κ1) is 20.7. The summed E-state index contributed by atoms with van der Waals surface area (Å²) in [6, 6.07) is 4.40. The maximum absolute atomic E-state index is 12.7. The van der Waals surface area contributed by atoms with Gasteiger partial charge in [-0.1, -0.05) is 37.2 Å². The third kappa shape index (κ3) is 4.76. The molecule has 0 atom stereocenters. The molecule has 2 rings (SSSR count). The fraction of sp³-hybridized carbons (Fsp3) is 0.400. The fourth-order valence-electron chi connectivity index (χ4n) is 2.21. The van der Waals surface area contributed by atoms with Crippen molar-refractivity contribution in [3.63, 3.8) is 0 Å². The first-order valence-electron chi connectivity index (χ1n) is 7.86. The lowest BCUT2D eigenvalue weighted by Gasteiger charge is -2.19. The van der Waals surface area contributed by atoms with Gasteiger partial charge in [0.1, 0.15) is 11.2 Å². The van der Waals surface area contributed by atoms with E-state index in [0.717, 1.165) is 0 Å². The van der Waals surface area contributed by atoms with E-state index in [1.807, 2.05) is 0 Å². The first-order chi connectivity index (χ1) is 12.3. The molecule has 8 nitrogen and oxygen atoms in total. The molecule has 1 aromatic heterocycles. The van der Waals surface area contributed by atoms with E-state index < -0.39 is 10.0 Å². The highest BCUT2D eigenvalue weighted by atomic mass is 35.5. The number of hydrogen-bond acceptors (Lipinski definition) is 6. The minimum absolute atomic E-state index is 0.0263. The number of hydrogen-bond donors (Lipinski definition) is 1. The second-order valence-electron chi connectivity index (χ2n) is 5.30. The number of nitrogens with zero attached hydrogens (tertiary/aromatic N) is 4. The number of nitrogens with one attached hydrogen (secondary N) is 1. The Bertz CT molecular complexity index is 881. The van der Waals surface area contributed by atoms with Crippen LogP contribution < -0.4 is 5.32 Å². The fourth-order valence-corrected chi connectivity index (χ4v) is 4.86. The van der Waals surface area contributed by atoms with E-state index >= 15 is 0 Å². The zero-order valence-electron chi connectivity index (χ0n) is 14.6. The summed E-state index contributed by atoms with van der Waals surface area (Å²) in [7, 11) is -1.94. The quantitative estimate of drug-likeness (QED) is 0.661. The molecule has 0 spiro atoms. The Kier molecular flexibility index (Phi) is 7.04. The van der Waals surface area contributed by atoms with Crippen molar-refractivity contribution >= 4 is 45.0 Å². The standard InChI is InChI=1S/C15H20ClN5O3S2/c1-4-21(5-2)26(23,24)13-8-11(6-7-12(13)16)18-14(22)9-25-15-19-17-10-20(15)3/h6-8,10H,4-5,9H2,1-3H3,(H,18,22). The number of amides is 1. The molecule has 0 saturated heterocycles. The van der Waals surface area contributed by atoms with Gasteiger partial charge in [-0.05, 0) is 18.2 Å². The first-order valence-corrected chi connectivity index (χ1v) is 10.7. The van der Waals surface area contributed by atoms with Gasteiger partial charge < -0.3 is 9.88 Å². The minimum atomic E-state index is -3.72. The number of rotatable bonds is 8. The van der Waals surface area contributed by atoms with Crippen LogP contribution in [0.2, 0.25) is 5.02 Å². The molecule has 1 amide bonds. The van der Waals surface area contributed by atoms with Gasteiger partial charge in [-0.25, -0.2) is 8.42 Å². The van der Waals surface area contributed by atoms with E-state index in [-0.39, 0.29) is 21.6 Å². The van der Waals surface area contributed by atoms with Crippen LogP contribution in [-0.4, -0.2) is 52.2 Å². The largest absolute Gasteiger partial charge is 0.325 e. The molecule has 0 aliphatic heterocycles. The van der Waals surface area contributed by atoms with E-state index in [1.165, 1.54) is 28.2 Å². The smallest absolute Gasteiger partial charge is 0.244 e. The van der Waals surface area contributed by atoms with Crippen molar-refractivity contribution in [2.75, 3.05) is 24.2 Å². The summed E-state index contributed by atoms with van der Waals surface area (Å²) < 4.78 is 28.4. The third-order valence-electron chi connectivity index (χ3n) is 3.54. The lowest BCUT2D eigenvalue weighted by atomic mass is 10.3. The molecule has 0 aliphatic rings. The highest BCUT2D eigenvalue weighted by Gasteiger charge is 2.25. The maximum Gasteiger partial charge on any atom is 0.244 e. The summed E-state index contributed by atoms with van der Waals surface area (Å²) in [6.07, 6.45) is 1.55. The summed E-state index contributed by atoms with van der Waals surface area (Å²) in [6.45, 7) is 4.18. The van der Waals surface area contributed by atoms with Gasteiger partial charge in [0.15, 0.2) is 5.16 Å². The number of aromatic nitrogens is 3. The van der Waals surface area contributed by atoms with Crippen LogP contribution in [0.5, 0.6) is 0 Å². The van der Waals surface area contributed by atoms with Crippen LogP contribution in [-0.2, 0) is 21.9 Å². The van der Waals surface area contributed by atoms with Crippen LogP contribution in [0.25, 0.3) is 0 Å². The summed E-state index contributed by atoms with van der Waals surface area (Å²) in [5.41, 5.74) is 0.365. The van der Waals surface area contributed by atoms with Crippen LogP contribution in [0.3, 0.4) is 0 Å². The molecule has 2 aromatic rings. The van der Waals surface area contributed by atoms with Gasteiger partial charge in [0, 0.05) is 25.8 Å². The maximum atomic E-state index is 12.7. The minimum Gasteiger partial charge on any atom is -0.325 e. The van der Waals surface area contributed by atoms with Crippen LogP contribution in [0.1, 0.15) is 13.8 Å². The van der Waals surface area contributed by atoms with Crippen molar-refractivity contribution in [3.8, 4) is 0 Å². The van der Waals surface area contributed by atoms with Crippen LogP contribution in [0.15, 0.2) is 34.6 Å². The van der Waals surface area contributed by atoms with Crippen molar-refractivity contribution in [2.45, 2.75) is 23.9 Å². The normalized spacial score (nSPS) is 11.7. The number of halogens is 1. The number of carbonyl (C=O) groups excluding carboxylic acids is 1. The van der Waals surface area contributed by atoms with E-state index in [2.05, 4.69) is 15.5 Å². The van der Waals surface area contributed by atoms with Crippen LogP contribution in [0, 0.1) is 0 Å². The van der Waals surface area contributed by atoms with Crippen LogP contribution >= 0.6 is 23.4 Å². The third-order valence-corrected chi connectivity index (χ3v) is 7.11. The van der Waals surface area contributed by atoms with Gasteiger partial charge in [-0.2, -0.15) is 4.31 Å². The van der Waals surface area contributed by atoms with Gasteiger partial charge in [0.25, 0.3) is 0 Å². The molecule has 142 valence electrons. The molecule has 0 unspecified atom stereocenters. The van der Waals surface area contributed by atoms with E-state index in [4.69, 9.17) is 11.6 Å². The number of anilines is 1. The average molecular weight is 418 g/mol. The molecule has 1 N–H and O–H groups in total. The van der Waals surface area contributed by atoms with E-state index in [9.17, 15) is 13.2 Å². The van der Waals surface area contributed by atoms with Gasteiger partial charge >= 0.3 is 0 Å². The van der Waals surface area contributed by atoms with E-state index in [1.54, 1.807) is 37.9 Å². The number of sulfonamides is 1. The lowest BCUT2D eigenvalue weighted by molar-refractivity contribution is -0.113. The molecule has 26 heavy (non-hydrogen) atoms. The zero-order chi connectivity index (χ0) is 19.3. The summed E-state index contributed by atoms with van der Waals surface area (Å²) in [4.78, 5) is 12.1. The topological polar surface area (TPSA) is 97.2 Å². The molecule has 0 fully saturated rings. The molecule has 0 bridgehead atoms.